The maximum Gasteiger partial charge on any atom is 0.336 e. The Bertz CT molecular complexity index is 558. The molecule has 0 saturated carbocycles. The molecule has 0 saturated heterocycles. The molecule has 2 rings (SSSR count). The van der Waals surface area contributed by atoms with E-state index < -0.39 is 5.97 Å². The fourth-order valence-electron chi connectivity index (χ4n) is 1.81. The summed E-state index contributed by atoms with van der Waals surface area (Å²) >= 11 is 0. The molecule has 4 heteroatoms. The first-order valence-electron chi connectivity index (χ1n) is 5.91. The quantitative estimate of drug-likeness (QED) is 0.899. The van der Waals surface area contributed by atoms with E-state index in [9.17, 15) is 4.79 Å². The Hall–Kier alpha value is -2.10. The number of carboxylic acid groups (broad SMARTS) is 1. The topological polar surface area (TPSA) is 55.1 Å². The van der Waals surface area contributed by atoms with Crippen molar-refractivity contribution in [1.82, 2.24) is 9.78 Å². The van der Waals surface area contributed by atoms with E-state index in [1.165, 1.54) is 0 Å². The highest BCUT2D eigenvalue weighted by Gasteiger charge is 2.10. The number of rotatable bonds is 4. The molecule has 1 aromatic carbocycles. The van der Waals surface area contributed by atoms with E-state index in [1.807, 2.05) is 24.5 Å². The third kappa shape index (κ3) is 2.59. The van der Waals surface area contributed by atoms with Crippen LogP contribution in [0, 0.1) is 0 Å². The van der Waals surface area contributed by atoms with Crippen LogP contribution in [0.3, 0.4) is 0 Å². The number of carbonyl (C=O) groups is 1. The first-order valence-corrected chi connectivity index (χ1v) is 5.91. The van der Waals surface area contributed by atoms with Gasteiger partial charge in [-0.15, -0.1) is 0 Å². The van der Waals surface area contributed by atoms with Gasteiger partial charge >= 0.3 is 5.97 Å². The molecule has 0 spiro atoms. The summed E-state index contributed by atoms with van der Waals surface area (Å²) in [6, 6.07) is 7.01. The molecular weight excluding hydrogens is 228 g/mol. The van der Waals surface area contributed by atoms with Gasteiger partial charge in [-0.25, -0.2) is 4.79 Å². The minimum Gasteiger partial charge on any atom is -0.478 e. The lowest BCUT2D eigenvalue weighted by molar-refractivity contribution is 0.0695. The number of hydrogen-bond acceptors (Lipinski definition) is 2. The zero-order chi connectivity index (χ0) is 13.1. The summed E-state index contributed by atoms with van der Waals surface area (Å²) in [6.45, 7) is 4.69. The Morgan fingerprint density at radius 1 is 1.39 bits per heavy atom. The molecule has 0 bridgehead atoms. The van der Waals surface area contributed by atoms with Gasteiger partial charge in [0.15, 0.2) is 0 Å². The molecule has 0 fully saturated rings. The number of carboxylic acids is 1. The average Bonchev–Trinajstić information content (AvgIpc) is 2.78. The van der Waals surface area contributed by atoms with Crippen LogP contribution in [0.2, 0.25) is 0 Å². The fraction of sp³-hybridized carbons (Fsp3) is 0.286. The maximum atomic E-state index is 11.1. The molecular formula is C14H16N2O2. The molecule has 0 aliphatic carbocycles. The Labute approximate surface area is 106 Å². The van der Waals surface area contributed by atoms with Gasteiger partial charge in [-0.05, 0) is 23.1 Å². The normalized spacial score (nSPS) is 10.8. The van der Waals surface area contributed by atoms with E-state index >= 15 is 0 Å². The predicted octanol–water partition coefficient (Wildman–Crippen LogP) is 2.75. The first-order chi connectivity index (χ1) is 8.58. The number of nitrogens with zero attached hydrogens (tertiary/aromatic N) is 2. The van der Waals surface area contributed by atoms with Crippen molar-refractivity contribution in [3.8, 4) is 0 Å². The summed E-state index contributed by atoms with van der Waals surface area (Å²) < 4.78 is 1.77. The average molecular weight is 244 g/mol. The van der Waals surface area contributed by atoms with Crippen molar-refractivity contribution in [2.24, 2.45) is 0 Å². The minimum absolute atomic E-state index is 0.332. The monoisotopic (exact) mass is 244 g/mol. The first kappa shape index (κ1) is 12.4. The molecule has 18 heavy (non-hydrogen) atoms. The van der Waals surface area contributed by atoms with Gasteiger partial charge < -0.3 is 5.11 Å². The van der Waals surface area contributed by atoms with Crippen LogP contribution in [0.1, 0.15) is 41.3 Å². The highest BCUT2D eigenvalue weighted by atomic mass is 16.4. The number of hydrogen-bond donors (Lipinski definition) is 1. The van der Waals surface area contributed by atoms with Gasteiger partial charge in [0.1, 0.15) is 0 Å². The van der Waals surface area contributed by atoms with Gasteiger partial charge in [-0.2, -0.15) is 5.10 Å². The van der Waals surface area contributed by atoms with Crippen LogP contribution < -0.4 is 0 Å². The Morgan fingerprint density at radius 3 is 2.72 bits per heavy atom. The van der Waals surface area contributed by atoms with Gasteiger partial charge in [0, 0.05) is 6.20 Å². The largest absolute Gasteiger partial charge is 0.478 e. The van der Waals surface area contributed by atoms with Crippen LogP contribution in [0.25, 0.3) is 0 Å². The molecule has 0 aliphatic rings. The maximum absolute atomic E-state index is 11.1. The molecule has 4 nitrogen and oxygen atoms in total. The lowest BCUT2D eigenvalue weighted by atomic mass is 10.1. The molecule has 0 amide bonds. The summed E-state index contributed by atoms with van der Waals surface area (Å²) in [4.78, 5) is 11.1. The summed E-state index contributed by atoms with van der Waals surface area (Å²) in [7, 11) is 0. The molecule has 0 atom stereocenters. The number of aromatic carboxylic acids is 1. The fourth-order valence-corrected chi connectivity index (χ4v) is 1.81. The van der Waals surface area contributed by atoms with E-state index in [4.69, 9.17) is 5.11 Å². The minimum atomic E-state index is -0.901. The lowest BCUT2D eigenvalue weighted by Gasteiger charge is -2.06. The molecule has 0 radical (unpaired) electrons. The van der Waals surface area contributed by atoms with Gasteiger partial charge in [0.05, 0.1) is 18.3 Å². The lowest BCUT2D eigenvalue weighted by Crippen LogP contribution is -2.07. The van der Waals surface area contributed by atoms with E-state index in [-0.39, 0.29) is 0 Å². The second kappa shape index (κ2) is 5.04. The molecule has 94 valence electrons. The van der Waals surface area contributed by atoms with Crippen molar-refractivity contribution in [2.45, 2.75) is 26.3 Å². The molecule has 1 N–H and O–H groups in total. The van der Waals surface area contributed by atoms with Crippen molar-refractivity contribution in [2.75, 3.05) is 0 Å². The smallest absolute Gasteiger partial charge is 0.336 e. The van der Waals surface area contributed by atoms with Gasteiger partial charge in [0.2, 0.25) is 0 Å². The Balaban J connectivity index is 2.25. The van der Waals surface area contributed by atoms with E-state index in [0.717, 1.165) is 11.1 Å². The highest BCUT2D eigenvalue weighted by Crippen LogP contribution is 2.15. The van der Waals surface area contributed by atoms with E-state index in [0.29, 0.717) is 18.0 Å². The van der Waals surface area contributed by atoms with Crippen molar-refractivity contribution in [3.05, 3.63) is 53.3 Å². The van der Waals surface area contributed by atoms with E-state index in [2.05, 4.69) is 18.9 Å². The standard InChI is InChI=1S/C14H16N2O2/c1-10(2)12-7-15-16(9-12)8-11-5-3-4-6-13(11)14(17)18/h3-7,9-10H,8H2,1-2H3,(H,17,18). The van der Waals surface area contributed by atoms with Crippen LogP contribution in [0.15, 0.2) is 36.7 Å². The van der Waals surface area contributed by atoms with E-state index in [1.54, 1.807) is 16.8 Å². The molecule has 2 aromatic rings. The second-order valence-corrected chi connectivity index (χ2v) is 4.59. The van der Waals surface area contributed by atoms with Crippen LogP contribution in [0.5, 0.6) is 0 Å². The third-order valence-electron chi connectivity index (χ3n) is 2.90. The van der Waals surface area contributed by atoms with Crippen molar-refractivity contribution < 1.29 is 9.90 Å². The molecule has 0 unspecified atom stereocenters. The van der Waals surface area contributed by atoms with Crippen LogP contribution in [-0.2, 0) is 6.54 Å². The van der Waals surface area contributed by atoms with Crippen LogP contribution in [-0.4, -0.2) is 20.9 Å². The number of benzene rings is 1. The summed E-state index contributed by atoms with van der Waals surface area (Å²) in [5.74, 6) is -0.477. The highest BCUT2D eigenvalue weighted by molar-refractivity contribution is 5.89. The third-order valence-corrected chi connectivity index (χ3v) is 2.90. The van der Waals surface area contributed by atoms with Crippen LogP contribution in [0.4, 0.5) is 0 Å². The molecule has 1 heterocycles. The van der Waals surface area contributed by atoms with Crippen molar-refractivity contribution in [3.63, 3.8) is 0 Å². The predicted molar refractivity (Wildman–Crippen MR) is 68.8 cm³/mol. The second-order valence-electron chi connectivity index (χ2n) is 4.59. The van der Waals surface area contributed by atoms with Gasteiger partial charge in [-0.3, -0.25) is 4.68 Å². The summed E-state index contributed by atoms with van der Waals surface area (Å²) in [5.41, 5.74) is 2.25. The summed E-state index contributed by atoms with van der Waals surface area (Å²) in [5, 5.41) is 13.4. The molecule has 0 aliphatic heterocycles. The van der Waals surface area contributed by atoms with Crippen molar-refractivity contribution in [1.29, 1.82) is 0 Å². The van der Waals surface area contributed by atoms with Crippen molar-refractivity contribution >= 4 is 5.97 Å². The zero-order valence-electron chi connectivity index (χ0n) is 10.5. The Morgan fingerprint density at radius 2 is 2.11 bits per heavy atom. The number of aromatic nitrogens is 2. The SMILES string of the molecule is CC(C)c1cnn(Cc2ccccc2C(=O)O)c1. The summed E-state index contributed by atoms with van der Waals surface area (Å²) in [6.07, 6.45) is 3.79. The zero-order valence-corrected chi connectivity index (χ0v) is 10.5. The Kier molecular flexibility index (Phi) is 3.46. The van der Waals surface area contributed by atoms with Gasteiger partial charge in [-0.1, -0.05) is 32.0 Å². The molecule has 1 aromatic heterocycles. The van der Waals surface area contributed by atoms with Gasteiger partial charge in [0.25, 0.3) is 0 Å². The van der Waals surface area contributed by atoms with Crippen LogP contribution >= 0.6 is 0 Å².